The summed E-state index contributed by atoms with van der Waals surface area (Å²) in [6, 6.07) is 8.27. The van der Waals surface area contributed by atoms with Crippen molar-refractivity contribution >= 4 is 46.2 Å². The fraction of sp³-hybridized carbons (Fsp3) is 0.222. The Morgan fingerprint density at radius 2 is 1.84 bits per heavy atom. The van der Waals surface area contributed by atoms with Crippen molar-refractivity contribution in [1.82, 2.24) is 0 Å². The van der Waals surface area contributed by atoms with Gasteiger partial charge in [-0.25, -0.2) is 0 Å². The zero-order valence-electron chi connectivity index (χ0n) is 12.9. The molecule has 0 saturated heterocycles. The number of nitrogens with one attached hydrogen (secondary N) is 1. The number of non-ortho nitro benzene ring substituents is 1. The SMILES string of the molecule is O=[N+]([O-])c1ccc([C@H]2Nc3c(Cl)cc(Cl)c(Cl)c3[C@@H]3C=CC[C@H]23)cc1. The molecule has 2 aromatic carbocycles. The molecule has 0 aromatic heterocycles. The third-order valence-corrected chi connectivity index (χ3v) is 6.05. The molecule has 1 aliphatic heterocycles. The maximum absolute atomic E-state index is 10.9. The molecular weight excluding hydrogens is 383 g/mol. The molecule has 1 N–H and O–H groups in total. The van der Waals surface area contributed by atoms with Crippen molar-refractivity contribution in [1.29, 1.82) is 0 Å². The minimum absolute atomic E-state index is 0.0111. The van der Waals surface area contributed by atoms with Crippen LogP contribution in [0.4, 0.5) is 11.4 Å². The summed E-state index contributed by atoms with van der Waals surface area (Å²) in [7, 11) is 0. The van der Waals surface area contributed by atoms with Crippen LogP contribution >= 0.6 is 34.8 Å². The van der Waals surface area contributed by atoms with Crippen LogP contribution in [0.25, 0.3) is 0 Å². The number of anilines is 1. The second-order valence-electron chi connectivity index (χ2n) is 6.27. The quantitative estimate of drug-likeness (QED) is 0.278. The van der Waals surface area contributed by atoms with Crippen LogP contribution in [0.2, 0.25) is 15.1 Å². The molecule has 0 fully saturated rings. The normalized spacial score (nSPS) is 23.7. The fourth-order valence-electron chi connectivity index (χ4n) is 3.80. The van der Waals surface area contributed by atoms with E-state index in [2.05, 4.69) is 17.5 Å². The van der Waals surface area contributed by atoms with E-state index in [9.17, 15) is 10.1 Å². The van der Waals surface area contributed by atoms with Gasteiger partial charge in [0, 0.05) is 23.6 Å². The van der Waals surface area contributed by atoms with E-state index in [0.717, 1.165) is 23.2 Å². The van der Waals surface area contributed by atoms with Crippen molar-refractivity contribution < 1.29 is 4.92 Å². The summed E-state index contributed by atoms with van der Waals surface area (Å²) in [6.07, 6.45) is 5.16. The van der Waals surface area contributed by atoms with Crippen LogP contribution in [-0.4, -0.2) is 4.92 Å². The number of hydrogen-bond acceptors (Lipinski definition) is 3. The van der Waals surface area contributed by atoms with Crippen molar-refractivity contribution in [3.63, 3.8) is 0 Å². The van der Waals surface area contributed by atoms with Gasteiger partial charge in [-0.05, 0) is 24.0 Å². The highest BCUT2D eigenvalue weighted by Gasteiger charge is 2.40. The lowest BCUT2D eigenvalue weighted by molar-refractivity contribution is -0.384. The highest BCUT2D eigenvalue weighted by Crippen LogP contribution is 2.54. The average molecular weight is 396 g/mol. The lowest BCUT2D eigenvalue weighted by Gasteiger charge is -2.38. The predicted octanol–water partition coefficient (Wildman–Crippen LogP) is 6.38. The molecule has 0 saturated carbocycles. The Kier molecular flexibility index (Phi) is 4.14. The molecule has 4 nitrogen and oxygen atoms in total. The Hall–Kier alpha value is -1.75. The fourth-order valence-corrected chi connectivity index (χ4v) is 4.60. The predicted molar refractivity (Wildman–Crippen MR) is 101 cm³/mol. The zero-order valence-corrected chi connectivity index (χ0v) is 15.1. The van der Waals surface area contributed by atoms with Gasteiger partial charge in [0.05, 0.1) is 31.7 Å². The molecule has 1 aliphatic carbocycles. The van der Waals surface area contributed by atoms with Gasteiger partial charge in [0.15, 0.2) is 0 Å². The number of hydrogen-bond donors (Lipinski definition) is 1. The van der Waals surface area contributed by atoms with E-state index in [-0.39, 0.29) is 23.6 Å². The molecule has 2 aromatic rings. The second kappa shape index (κ2) is 6.20. The van der Waals surface area contributed by atoms with Crippen molar-refractivity contribution in [2.24, 2.45) is 5.92 Å². The summed E-state index contributed by atoms with van der Waals surface area (Å²) < 4.78 is 0. The molecule has 4 rings (SSSR count). The number of rotatable bonds is 2. The first-order valence-corrected chi connectivity index (χ1v) is 8.95. The topological polar surface area (TPSA) is 55.2 Å². The Morgan fingerprint density at radius 1 is 1.12 bits per heavy atom. The maximum atomic E-state index is 10.9. The monoisotopic (exact) mass is 394 g/mol. The van der Waals surface area contributed by atoms with E-state index in [1.807, 2.05) is 0 Å². The van der Waals surface area contributed by atoms with Gasteiger partial charge in [-0.3, -0.25) is 10.1 Å². The summed E-state index contributed by atoms with van der Waals surface area (Å²) in [5.41, 5.74) is 2.77. The van der Waals surface area contributed by atoms with E-state index in [1.54, 1.807) is 18.2 Å². The highest BCUT2D eigenvalue weighted by atomic mass is 35.5. The van der Waals surface area contributed by atoms with E-state index in [1.165, 1.54) is 12.1 Å². The van der Waals surface area contributed by atoms with Crippen LogP contribution in [0.1, 0.15) is 29.5 Å². The van der Waals surface area contributed by atoms with Gasteiger partial charge in [0.1, 0.15) is 0 Å². The van der Waals surface area contributed by atoms with Crippen LogP contribution in [0.5, 0.6) is 0 Å². The Labute approximate surface area is 159 Å². The van der Waals surface area contributed by atoms with Crippen LogP contribution in [0.15, 0.2) is 42.5 Å². The minimum Gasteiger partial charge on any atom is -0.376 e. The molecule has 1 heterocycles. The Morgan fingerprint density at radius 3 is 2.52 bits per heavy atom. The number of fused-ring (bicyclic) bond motifs is 3. The molecule has 2 aliphatic rings. The van der Waals surface area contributed by atoms with E-state index >= 15 is 0 Å². The van der Waals surface area contributed by atoms with Crippen LogP contribution in [-0.2, 0) is 0 Å². The number of nitro groups is 1. The number of nitrogens with zero attached hydrogens (tertiary/aromatic N) is 1. The molecule has 0 radical (unpaired) electrons. The second-order valence-corrected chi connectivity index (χ2v) is 7.46. The first-order chi connectivity index (χ1) is 12.0. The largest absolute Gasteiger partial charge is 0.376 e. The van der Waals surface area contributed by atoms with Gasteiger partial charge in [0.2, 0.25) is 0 Å². The number of benzene rings is 2. The molecule has 3 atom stereocenters. The number of halogens is 3. The van der Waals surface area contributed by atoms with Gasteiger partial charge >= 0.3 is 0 Å². The van der Waals surface area contributed by atoms with E-state index < -0.39 is 4.92 Å². The average Bonchev–Trinajstić information content (AvgIpc) is 3.08. The zero-order chi connectivity index (χ0) is 17.7. The summed E-state index contributed by atoms with van der Waals surface area (Å²) in [5.74, 6) is 0.362. The summed E-state index contributed by atoms with van der Waals surface area (Å²) in [6.45, 7) is 0. The van der Waals surface area contributed by atoms with Crippen LogP contribution in [0, 0.1) is 16.0 Å². The van der Waals surface area contributed by atoms with Crippen molar-refractivity contribution in [2.45, 2.75) is 18.4 Å². The van der Waals surface area contributed by atoms with Crippen LogP contribution in [0.3, 0.4) is 0 Å². The third kappa shape index (κ3) is 2.69. The Bertz CT molecular complexity index is 896. The first-order valence-electron chi connectivity index (χ1n) is 7.82. The molecule has 128 valence electrons. The number of nitro benzene ring substituents is 1. The first kappa shape index (κ1) is 16.7. The van der Waals surface area contributed by atoms with Crippen molar-refractivity contribution in [3.05, 3.63) is 78.8 Å². The molecule has 0 unspecified atom stereocenters. The van der Waals surface area contributed by atoms with Gasteiger partial charge in [-0.2, -0.15) is 0 Å². The standard InChI is InChI=1S/C18H13Cl3N2O2/c19-13-8-14(20)18-15(16(13)21)11-2-1-3-12(11)17(22-18)9-4-6-10(7-5-9)23(24)25/h1-2,4-8,11-12,17,22H,3H2/t11-,12+,17-/m1/s1. The maximum Gasteiger partial charge on any atom is 0.269 e. The van der Waals surface area contributed by atoms with Crippen LogP contribution < -0.4 is 5.32 Å². The number of allylic oxidation sites excluding steroid dienone is 2. The summed E-state index contributed by atoms with van der Waals surface area (Å²) in [4.78, 5) is 10.5. The lowest BCUT2D eigenvalue weighted by Crippen LogP contribution is -2.29. The molecule has 0 bridgehead atoms. The van der Waals surface area contributed by atoms with Crippen molar-refractivity contribution in [2.75, 3.05) is 5.32 Å². The summed E-state index contributed by atoms with van der Waals surface area (Å²) in [5, 5.41) is 15.9. The van der Waals surface area contributed by atoms with Gasteiger partial charge in [0.25, 0.3) is 5.69 Å². The molecular formula is C18H13Cl3N2O2. The smallest absolute Gasteiger partial charge is 0.269 e. The molecule has 0 amide bonds. The Balaban J connectivity index is 1.80. The van der Waals surface area contributed by atoms with Gasteiger partial charge < -0.3 is 5.32 Å². The van der Waals surface area contributed by atoms with E-state index in [4.69, 9.17) is 34.8 Å². The highest BCUT2D eigenvalue weighted by molar-refractivity contribution is 6.44. The molecule has 25 heavy (non-hydrogen) atoms. The van der Waals surface area contributed by atoms with Crippen molar-refractivity contribution in [3.8, 4) is 0 Å². The van der Waals surface area contributed by atoms with E-state index in [0.29, 0.717) is 15.1 Å². The molecule has 7 heteroatoms. The summed E-state index contributed by atoms with van der Waals surface area (Å²) >= 11 is 19.1. The third-order valence-electron chi connectivity index (χ3n) is 4.95. The minimum atomic E-state index is -0.397. The van der Waals surface area contributed by atoms with Gasteiger partial charge in [-0.1, -0.05) is 59.1 Å². The molecule has 0 spiro atoms. The van der Waals surface area contributed by atoms with Gasteiger partial charge in [-0.15, -0.1) is 0 Å². The lowest BCUT2D eigenvalue weighted by atomic mass is 9.77.